The summed E-state index contributed by atoms with van der Waals surface area (Å²) in [7, 11) is 0. The minimum absolute atomic E-state index is 0.973. The average molecular weight is 311 g/mol. The van der Waals surface area contributed by atoms with Crippen molar-refractivity contribution in [3.8, 4) is 0 Å². The second kappa shape index (κ2) is 19.0. The van der Waals surface area contributed by atoms with Crippen LogP contribution in [0.2, 0.25) is 3.67 Å². The number of rotatable bonds is 12. The van der Waals surface area contributed by atoms with E-state index in [1.807, 2.05) is 24.3 Å². The third-order valence-electron chi connectivity index (χ3n) is 3.93. The van der Waals surface area contributed by atoms with Gasteiger partial charge in [-0.05, 0) is 12.0 Å². The third-order valence-corrected chi connectivity index (χ3v) is 4.64. The Kier molecular flexibility index (Phi) is 19.0. The van der Waals surface area contributed by atoms with Gasteiger partial charge >= 0.3 is 103 Å². The predicted molar refractivity (Wildman–Crippen MR) is 103 cm³/mol. The van der Waals surface area contributed by atoms with Crippen molar-refractivity contribution in [3.63, 3.8) is 0 Å². The Morgan fingerprint density at radius 1 is 0.818 bits per heavy atom. The first-order valence-electron chi connectivity index (χ1n) is 9.49. The van der Waals surface area contributed by atoms with Gasteiger partial charge in [-0.3, -0.25) is 0 Å². The fourth-order valence-corrected chi connectivity index (χ4v) is 3.02. The zero-order valence-corrected chi connectivity index (χ0v) is 17.2. The van der Waals surface area contributed by atoms with Crippen LogP contribution in [0.4, 0.5) is 0 Å². The van der Waals surface area contributed by atoms with E-state index in [-0.39, 0.29) is 0 Å². The van der Waals surface area contributed by atoms with E-state index in [1.165, 1.54) is 101 Å². The number of hydrogen-bond acceptors (Lipinski definition) is 0. The Balaban J connectivity index is 0.000000425. The molecule has 0 aromatic heterocycles. The molecule has 0 atom stereocenters. The van der Waals surface area contributed by atoms with Gasteiger partial charge in [0.15, 0.2) is 0 Å². The molecular formula is C21H35Na. The second-order valence-electron chi connectivity index (χ2n) is 6.16. The van der Waals surface area contributed by atoms with E-state index in [9.17, 15) is 0 Å². The van der Waals surface area contributed by atoms with Gasteiger partial charge < -0.3 is 0 Å². The van der Waals surface area contributed by atoms with Gasteiger partial charge in [-0.2, -0.15) is 0 Å². The molecule has 0 saturated heterocycles. The summed E-state index contributed by atoms with van der Waals surface area (Å²) in [5.41, 5.74) is 1.33. The second-order valence-corrected chi connectivity index (χ2v) is 7.16. The van der Waals surface area contributed by atoms with Gasteiger partial charge in [0.1, 0.15) is 0 Å². The van der Waals surface area contributed by atoms with Crippen LogP contribution < -0.4 is 0 Å². The number of unbranched alkanes of at least 4 members (excludes halogenated alkanes) is 9. The first kappa shape index (κ1) is 22.0. The Bertz CT molecular complexity index is 308. The summed E-state index contributed by atoms with van der Waals surface area (Å²) in [4.78, 5) is 0. The molecular weight excluding hydrogens is 275 g/mol. The van der Waals surface area contributed by atoms with Crippen molar-refractivity contribution in [3.05, 3.63) is 48.6 Å². The fraction of sp³-hybridized carbons (Fsp3) is 0.619. The van der Waals surface area contributed by atoms with Crippen molar-refractivity contribution >= 4 is 27.9 Å². The van der Waals surface area contributed by atoms with Crippen molar-refractivity contribution in [1.82, 2.24) is 0 Å². The first-order chi connectivity index (χ1) is 10.8. The standard InChI is InChI=1S/C12H25.C9H10.Na/c1-3-5-7-9-11-12-10-8-6-4-2;1-2-6-9-7-4-3-5-8-9;/h1,3-12H2,2H3;2-5,7-8H,1,6H2;. The fourth-order valence-electron chi connectivity index (χ4n) is 2.52. The molecule has 1 aromatic rings. The van der Waals surface area contributed by atoms with Crippen molar-refractivity contribution in [2.75, 3.05) is 0 Å². The summed E-state index contributed by atoms with van der Waals surface area (Å²) in [6.45, 7) is 5.94. The van der Waals surface area contributed by atoms with Crippen molar-refractivity contribution < 1.29 is 0 Å². The van der Waals surface area contributed by atoms with Crippen molar-refractivity contribution in [1.29, 1.82) is 0 Å². The zero-order valence-electron chi connectivity index (χ0n) is 15.2. The molecule has 0 aliphatic rings. The maximum atomic E-state index is 3.66. The van der Waals surface area contributed by atoms with Crippen molar-refractivity contribution in [2.45, 2.75) is 81.2 Å². The summed E-state index contributed by atoms with van der Waals surface area (Å²) < 4.78 is 1.51. The Morgan fingerprint density at radius 3 is 1.77 bits per heavy atom. The number of benzene rings is 1. The van der Waals surface area contributed by atoms with Crippen LogP contribution in [0.5, 0.6) is 0 Å². The quantitative estimate of drug-likeness (QED) is 0.223. The molecule has 0 fully saturated rings. The maximum absolute atomic E-state index is 3.66. The van der Waals surface area contributed by atoms with Gasteiger partial charge in [0, 0.05) is 0 Å². The van der Waals surface area contributed by atoms with Crippen LogP contribution in [-0.4, -0.2) is 27.9 Å². The molecule has 0 unspecified atom stereocenters. The predicted octanol–water partition coefficient (Wildman–Crippen LogP) is 6.91. The van der Waals surface area contributed by atoms with E-state index in [1.54, 1.807) is 0 Å². The van der Waals surface area contributed by atoms with Crippen LogP contribution >= 0.6 is 0 Å². The van der Waals surface area contributed by atoms with Crippen LogP contribution in [0.1, 0.15) is 76.7 Å². The molecule has 0 aliphatic carbocycles. The minimum atomic E-state index is 0.973. The Labute approximate surface area is 157 Å². The van der Waals surface area contributed by atoms with Crippen LogP contribution in [-0.2, 0) is 6.42 Å². The third kappa shape index (κ3) is 16.3. The number of hydrogen-bond donors (Lipinski definition) is 0. The van der Waals surface area contributed by atoms with Gasteiger partial charge in [-0.25, -0.2) is 0 Å². The monoisotopic (exact) mass is 310 g/mol. The first-order valence-corrected chi connectivity index (χ1v) is 10.9. The summed E-state index contributed by atoms with van der Waals surface area (Å²) >= 11 is 1.41. The van der Waals surface area contributed by atoms with E-state index < -0.39 is 0 Å². The molecule has 1 heteroatoms. The topological polar surface area (TPSA) is 0 Å². The van der Waals surface area contributed by atoms with Crippen LogP contribution in [0.15, 0.2) is 43.0 Å². The molecule has 0 nitrogen and oxygen atoms in total. The summed E-state index contributed by atoms with van der Waals surface area (Å²) in [5, 5.41) is 0. The molecule has 120 valence electrons. The van der Waals surface area contributed by atoms with Gasteiger partial charge in [-0.1, -0.05) is 36.4 Å². The normalized spacial score (nSPS) is 9.95. The molecule has 1 rings (SSSR count). The average Bonchev–Trinajstić information content (AvgIpc) is 2.55. The summed E-state index contributed by atoms with van der Waals surface area (Å²) in [6.07, 6.45) is 17.6. The van der Waals surface area contributed by atoms with Gasteiger partial charge in [0.05, 0.1) is 0 Å². The van der Waals surface area contributed by atoms with Crippen LogP contribution in [0.3, 0.4) is 0 Å². The molecule has 22 heavy (non-hydrogen) atoms. The van der Waals surface area contributed by atoms with Crippen LogP contribution in [0.25, 0.3) is 0 Å². The molecule has 0 spiro atoms. The van der Waals surface area contributed by atoms with Crippen LogP contribution in [0, 0.1) is 0 Å². The molecule has 0 bridgehead atoms. The summed E-state index contributed by atoms with van der Waals surface area (Å²) in [6, 6.07) is 10.3. The van der Waals surface area contributed by atoms with E-state index in [2.05, 4.69) is 25.6 Å². The van der Waals surface area contributed by atoms with Gasteiger partial charge in [0.2, 0.25) is 0 Å². The Hall–Kier alpha value is -0.0400. The molecule has 0 N–H and O–H groups in total. The molecule has 0 saturated carbocycles. The number of allylic oxidation sites excluding steroid dienone is 1. The zero-order chi connectivity index (χ0) is 16.3. The Morgan fingerprint density at radius 2 is 1.32 bits per heavy atom. The molecule has 0 heterocycles. The van der Waals surface area contributed by atoms with E-state index in [4.69, 9.17) is 0 Å². The van der Waals surface area contributed by atoms with Gasteiger partial charge in [0.25, 0.3) is 0 Å². The van der Waals surface area contributed by atoms with E-state index in [0.717, 1.165) is 6.42 Å². The molecule has 0 amide bonds. The molecule has 0 aliphatic heterocycles. The van der Waals surface area contributed by atoms with E-state index in [0.29, 0.717) is 0 Å². The summed E-state index contributed by atoms with van der Waals surface area (Å²) in [5.74, 6) is 0. The SMILES string of the molecule is C=CCc1ccccc1.CCCCCCCCCCC[CH2][Na]. The van der Waals surface area contributed by atoms with E-state index >= 15 is 0 Å². The van der Waals surface area contributed by atoms with Gasteiger partial charge in [-0.15, -0.1) is 6.58 Å². The molecule has 1 aromatic carbocycles. The van der Waals surface area contributed by atoms with Crippen molar-refractivity contribution in [2.24, 2.45) is 0 Å². The molecule has 0 radical (unpaired) electrons.